The predicted octanol–water partition coefficient (Wildman–Crippen LogP) is 1.38. The third kappa shape index (κ3) is 3.35. The number of hydrogen-bond acceptors (Lipinski definition) is 2. The highest BCUT2D eigenvalue weighted by Crippen LogP contribution is 2.14. The molecule has 0 spiro atoms. The number of nitrogens with zero attached hydrogens (tertiary/aromatic N) is 1. The van der Waals surface area contributed by atoms with E-state index in [0.29, 0.717) is 5.69 Å². The van der Waals surface area contributed by atoms with Crippen LogP contribution in [0.5, 0.6) is 0 Å². The number of aliphatic hydroxyl groups is 1. The highest BCUT2D eigenvalue weighted by Gasteiger charge is 2.12. The maximum absolute atomic E-state index is 11.7. The van der Waals surface area contributed by atoms with Crippen LogP contribution in [0.25, 0.3) is 0 Å². The van der Waals surface area contributed by atoms with Gasteiger partial charge in [0.2, 0.25) is 0 Å². The summed E-state index contributed by atoms with van der Waals surface area (Å²) in [4.78, 5) is 11.7. The molecule has 0 fully saturated rings. The Bertz CT molecular complexity index is 347. The van der Waals surface area contributed by atoms with E-state index in [1.165, 1.54) is 0 Å². The quantitative estimate of drug-likeness (QED) is 0.872. The first-order valence-electron chi connectivity index (χ1n) is 4.86. The summed E-state index contributed by atoms with van der Waals surface area (Å²) in [5, 5.41) is 11.7. The number of hydrogen-bond donors (Lipinski definition) is 2. The van der Waals surface area contributed by atoms with Crippen LogP contribution < -0.4 is 5.32 Å². The van der Waals surface area contributed by atoms with Crippen molar-refractivity contribution in [1.29, 1.82) is 0 Å². The number of nitrogens with one attached hydrogen (secondary N) is 1. The Labute approximate surface area is 97.4 Å². The molecule has 0 aliphatic heterocycles. The molecule has 1 heterocycles. The molecule has 0 radical (unpaired) electrons. The van der Waals surface area contributed by atoms with Gasteiger partial charge in [-0.05, 0) is 35.8 Å². The van der Waals surface area contributed by atoms with Crippen molar-refractivity contribution >= 4 is 21.8 Å². The number of rotatable bonds is 4. The average Bonchev–Trinajstić information content (AvgIpc) is 2.56. The third-order valence-electron chi connectivity index (χ3n) is 1.99. The Morgan fingerprint density at radius 3 is 2.93 bits per heavy atom. The number of amides is 1. The van der Waals surface area contributed by atoms with E-state index in [2.05, 4.69) is 21.2 Å². The molecule has 1 amide bonds. The van der Waals surface area contributed by atoms with Gasteiger partial charge >= 0.3 is 0 Å². The highest BCUT2D eigenvalue weighted by atomic mass is 79.9. The van der Waals surface area contributed by atoms with Crippen LogP contribution in [0.15, 0.2) is 16.7 Å². The Balaban J connectivity index is 2.72. The lowest BCUT2D eigenvalue weighted by Gasteiger charge is -2.08. The fourth-order valence-corrected chi connectivity index (χ4v) is 1.72. The SMILES string of the molecule is CCn1cc(Br)cc1C(=O)NCC(C)O. The van der Waals surface area contributed by atoms with E-state index in [1.807, 2.05) is 17.7 Å². The van der Waals surface area contributed by atoms with Crippen LogP contribution in [-0.2, 0) is 6.54 Å². The second-order valence-corrected chi connectivity index (χ2v) is 4.30. The number of carbonyl (C=O) groups is 1. The normalized spacial score (nSPS) is 12.5. The lowest BCUT2D eigenvalue weighted by molar-refractivity contribution is 0.0915. The molecule has 2 N–H and O–H groups in total. The minimum absolute atomic E-state index is 0.163. The Morgan fingerprint density at radius 1 is 1.73 bits per heavy atom. The molecule has 0 aliphatic carbocycles. The van der Waals surface area contributed by atoms with Crippen LogP contribution in [0.3, 0.4) is 0 Å². The van der Waals surface area contributed by atoms with Crippen LogP contribution in [-0.4, -0.2) is 28.2 Å². The van der Waals surface area contributed by atoms with Gasteiger partial charge in [0.25, 0.3) is 5.91 Å². The summed E-state index contributed by atoms with van der Waals surface area (Å²) in [5.41, 5.74) is 0.602. The number of aromatic nitrogens is 1. The van der Waals surface area contributed by atoms with Gasteiger partial charge in [0.15, 0.2) is 0 Å². The fraction of sp³-hybridized carbons (Fsp3) is 0.500. The molecule has 0 saturated heterocycles. The van der Waals surface area contributed by atoms with E-state index >= 15 is 0 Å². The largest absolute Gasteiger partial charge is 0.392 e. The van der Waals surface area contributed by atoms with Gasteiger partial charge in [0.1, 0.15) is 5.69 Å². The third-order valence-corrected chi connectivity index (χ3v) is 2.43. The topological polar surface area (TPSA) is 54.3 Å². The van der Waals surface area contributed by atoms with Gasteiger partial charge in [-0.2, -0.15) is 0 Å². The number of aliphatic hydroxyl groups excluding tert-OH is 1. The Hall–Kier alpha value is -0.810. The summed E-state index contributed by atoms with van der Waals surface area (Å²) in [7, 11) is 0. The summed E-state index contributed by atoms with van der Waals surface area (Å²) < 4.78 is 2.73. The van der Waals surface area contributed by atoms with Crippen LogP contribution >= 0.6 is 15.9 Å². The molecule has 0 aliphatic rings. The molecule has 15 heavy (non-hydrogen) atoms. The van der Waals surface area contributed by atoms with Crippen molar-refractivity contribution in [3.63, 3.8) is 0 Å². The molecule has 4 nitrogen and oxygen atoms in total. The molecule has 84 valence electrons. The summed E-state index contributed by atoms with van der Waals surface area (Å²) in [6, 6.07) is 1.76. The maximum atomic E-state index is 11.7. The molecule has 1 unspecified atom stereocenters. The molecule has 0 aromatic carbocycles. The van der Waals surface area contributed by atoms with Gasteiger partial charge in [-0.1, -0.05) is 0 Å². The first-order chi connectivity index (χ1) is 7.04. The number of carbonyl (C=O) groups excluding carboxylic acids is 1. The maximum Gasteiger partial charge on any atom is 0.268 e. The van der Waals surface area contributed by atoms with E-state index in [0.717, 1.165) is 11.0 Å². The molecule has 0 saturated carbocycles. The molecule has 1 aromatic heterocycles. The van der Waals surface area contributed by atoms with Crippen molar-refractivity contribution in [3.05, 3.63) is 22.4 Å². The monoisotopic (exact) mass is 274 g/mol. The van der Waals surface area contributed by atoms with Gasteiger partial charge in [0.05, 0.1) is 6.10 Å². The first-order valence-corrected chi connectivity index (χ1v) is 5.65. The van der Waals surface area contributed by atoms with Crippen LogP contribution in [0.4, 0.5) is 0 Å². The Morgan fingerprint density at radius 2 is 2.40 bits per heavy atom. The van der Waals surface area contributed by atoms with Crippen LogP contribution in [0.1, 0.15) is 24.3 Å². The molecule has 5 heteroatoms. The second kappa shape index (κ2) is 5.32. The van der Waals surface area contributed by atoms with Crippen LogP contribution in [0, 0.1) is 0 Å². The van der Waals surface area contributed by atoms with Crippen molar-refractivity contribution in [2.24, 2.45) is 0 Å². The predicted molar refractivity (Wildman–Crippen MR) is 61.8 cm³/mol. The molecule has 1 atom stereocenters. The van der Waals surface area contributed by atoms with Gasteiger partial charge < -0.3 is 15.0 Å². The lowest BCUT2D eigenvalue weighted by Crippen LogP contribution is -2.31. The molecule has 0 bridgehead atoms. The Kier molecular flexibility index (Phi) is 4.35. The smallest absolute Gasteiger partial charge is 0.268 e. The number of aryl methyl sites for hydroxylation is 1. The standard InChI is InChI=1S/C10H15BrN2O2/c1-3-13-6-8(11)4-9(13)10(15)12-5-7(2)14/h4,6-7,14H,3,5H2,1-2H3,(H,12,15). The van der Waals surface area contributed by atoms with E-state index in [-0.39, 0.29) is 12.5 Å². The average molecular weight is 275 g/mol. The van der Waals surface area contributed by atoms with Crippen molar-refractivity contribution in [3.8, 4) is 0 Å². The molecule has 1 rings (SSSR count). The lowest BCUT2D eigenvalue weighted by atomic mass is 10.3. The zero-order valence-corrected chi connectivity index (χ0v) is 10.4. The summed E-state index contributed by atoms with van der Waals surface area (Å²) in [6.45, 7) is 4.61. The van der Waals surface area contributed by atoms with E-state index in [1.54, 1.807) is 13.0 Å². The van der Waals surface area contributed by atoms with Crippen LogP contribution in [0.2, 0.25) is 0 Å². The molecule has 1 aromatic rings. The van der Waals surface area contributed by atoms with Gasteiger partial charge in [-0.3, -0.25) is 4.79 Å². The fourth-order valence-electron chi connectivity index (χ4n) is 1.26. The van der Waals surface area contributed by atoms with Crippen molar-refractivity contribution < 1.29 is 9.90 Å². The highest BCUT2D eigenvalue weighted by molar-refractivity contribution is 9.10. The minimum Gasteiger partial charge on any atom is -0.392 e. The minimum atomic E-state index is -0.526. The summed E-state index contributed by atoms with van der Waals surface area (Å²) in [6.07, 6.45) is 1.33. The van der Waals surface area contributed by atoms with Gasteiger partial charge in [-0.15, -0.1) is 0 Å². The number of halogens is 1. The molecular weight excluding hydrogens is 260 g/mol. The summed E-state index contributed by atoms with van der Waals surface area (Å²) in [5.74, 6) is -0.163. The zero-order chi connectivity index (χ0) is 11.4. The van der Waals surface area contributed by atoms with E-state index < -0.39 is 6.10 Å². The van der Waals surface area contributed by atoms with Crippen molar-refractivity contribution in [2.45, 2.75) is 26.5 Å². The van der Waals surface area contributed by atoms with E-state index in [4.69, 9.17) is 5.11 Å². The van der Waals surface area contributed by atoms with Gasteiger partial charge in [-0.25, -0.2) is 0 Å². The van der Waals surface area contributed by atoms with Crippen molar-refractivity contribution in [1.82, 2.24) is 9.88 Å². The second-order valence-electron chi connectivity index (χ2n) is 3.39. The van der Waals surface area contributed by atoms with E-state index in [9.17, 15) is 4.79 Å². The van der Waals surface area contributed by atoms with Crippen molar-refractivity contribution in [2.75, 3.05) is 6.54 Å². The first kappa shape index (κ1) is 12.3. The zero-order valence-electron chi connectivity index (χ0n) is 8.83. The summed E-state index contributed by atoms with van der Waals surface area (Å²) >= 11 is 3.32. The molecular formula is C10H15BrN2O2. The van der Waals surface area contributed by atoms with Gasteiger partial charge in [0, 0.05) is 23.8 Å².